The Kier molecular flexibility index (Phi) is 6.67. The van der Waals surface area contributed by atoms with E-state index in [0.717, 1.165) is 30.6 Å². The fraction of sp³-hybridized carbons (Fsp3) is 0.556. The lowest BCUT2D eigenvalue weighted by molar-refractivity contribution is 0.0940. The van der Waals surface area contributed by atoms with Crippen LogP contribution >= 0.6 is 0 Å². The molecule has 1 aliphatic carbocycles. The van der Waals surface area contributed by atoms with Crippen LogP contribution in [0.2, 0.25) is 19.6 Å². The minimum Gasteiger partial charge on any atom is -0.334 e. The summed E-state index contributed by atoms with van der Waals surface area (Å²) in [4.78, 5) is 29.8. The number of benzene rings is 1. The molecule has 0 spiro atoms. The van der Waals surface area contributed by atoms with Crippen LogP contribution in [0.25, 0.3) is 10.9 Å². The Morgan fingerprint density at radius 3 is 2.53 bits per heavy atom. The molecule has 0 saturated carbocycles. The van der Waals surface area contributed by atoms with Gasteiger partial charge in [0.15, 0.2) is 0 Å². The Hall–Kier alpha value is -2.56. The Labute approximate surface area is 204 Å². The molecular weight excluding hydrogens is 440 g/mol. The van der Waals surface area contributed by atoms with Crippen molar-refractivity contribution in [2.24, 2.45) is 0 Å². The first-order chi connectivity index (χ1) is 16.1. The topological polar surface area (TPSA) is 57.6 Å². The highest BCUT2D eigenvalue weighted by Gasteiger charge is 2.41. The van der Waals surface area contributed by atoms with Crippen LogP contribution in [0.5, 0.6) is 0 Å². The summed E-state index contributed by atoms with van der Waals surface area (Å²) in [5.74, 6) is 3.76. The molecule has 1 saturated heterocycles. The van der Waals surface area contributed by atoms with E-state index in [1.54, 1.807) is 6.92 Å². The van der Waals surface area contributed by atoms with Crippen LogP contribution in [0.3, 0.4) is 0 Å². The van der Waals surface area contributed by atoms with Crippen molar-refractivity contribution in [3.63, 3.8) is 0 Å². The van der Waals surface area contributed by atoms with Gasteiger partial charge in [0, 0.05) is 49.9 Å². The Balaban J connectivity index is 1.78. The second kappa shape index (κ2) is 9.24. The summed E-state index contributed by atoms with van der Waals surface area (Å²) in [7, 11) is 0.554. The van der Waals surface area contributed by atoms with Crippen molar-refractivity contribution >= 4 is 30.9 Å². The number of piperidine rings is 1. The SMILES string of the molecule is CCN(CC)C(=O)N[C@H]1CC2c3cccc4c3c(c(C#C[Si](C)(C)C)n4C(C)=O)C[C@H]2N(C)C1. The number of amides is 2. The van der Waals surface area contributed by atoms with Crippen LogP contribution in [0.15, 0.2) is 18.2 Å². The highest BCUT2D eigenvalue weighted by Crippen LogP contribution is 2.45. The maximum Gasteiger partial charge on any atom is 0.317 e. The first kappa shape index (κ1) is 24.6. The number of hydrogen-bond acceptors (Lipinski definition) is 3. The number of aromatic nitrogens is 1. The molecule has 2 aliphatic rings. The molecule has 1 fully saturated rings. The van der Waals surface area contributed by atoms with Gasteiger partial charge < -0.3 is 15.1 Å². The van der Waals surface area contributed by atoms with E-state index in [0.29, 0.717) is 25.0 Å². The van der Waals surface area contributed by atoms with Crippen LogP contribution in [-0.4, -0.2) is 73.1 Å². The molecule has 0 bridgehead atoms. The van der Waals surface area contributed by atoms with Crippen LogP contribution < -0.4 is 5.32 Å². The van der Waals surface area contributed by atoms with Crippen molar-refractivity contribution in [1.82, 2.24) is 19.7 Å². The molecule has 4 rings (SSSR count). The molecule has 2 aromatic rings. The Morgan fingerprint density at radius 1 is 1.21 bits per heavy atom. The van der Waals surface area contributed by atoms with Gasteiger partial charge >= 0.3 is 6.03 Å². The van der Waals surface area contributed by atoms with E-state index in [4.69, 9.17) is 0 Å². The van der Waals surface area contributed by atoms with Crippen LogP contribution in [0, 0.1) is 11.5 Å². The highest BCUT2D eigenvalue weighted by atomic mass is 28.3. The lowest BCUT2D eigenvalue weighted by Crippen LogP contribution is -2.56. The molecule has 7 heteroatoms. The van der Waals surface area contributed by atoms with E-state index < -0.39 is 8.07 Å². The number of fused-ring (bicyclic) bond motifs is 2. The third kappa shape index (κ3) is 4.41. The lowest BCUT2D eigenvalue weighted by atomic mass is 9.73. The zero-order valence-electron chi connectivity index (χ0n) is 21.7. The Bertz CT molecular complexity index is 1180. The number of carbonyl (C=O) groups is 2. The summed E-state index contributed by atoms with van der Waals surface area (Å²) in [6.45, 7) is 14.6. The maximum absolute atomic E-state index is 12.8. The third-order valence-corrected chi connectivity index (χ3v) is 8.14. The largest absolute Gasteiger partial charge is 0.334 e. The van der Waals surface area contributed by atoms with Gasteiger partial charge in [-0.2, -0.15) is 0 Å². The van der Waals surface area contributed by atoms with Crippen molar-refractivity contribution in [3.05, 3.63) is 35.0 Å². The van der Waals surface area contributed by atoms with E-state index in [9.17, 15) is 9.59 Å². The van der Waals surface area contributed by atoms with Crippen LogP contribution in [0.4, 0.5) is 4.79 Å². The average molecular weight is 479 g/mol. The van der Waals surface area contributed by atoms with Crippen LogP contribution in [-0.2, 0) is 6.42 Å². The lowest BCUT2D eigenvalue weighted by Gasteiger charge is -2.46. The molecule has 1 aromatic heterocycles. The second-order valence-corrected chi connectivity index (χ2v) is 15.5. The number of likely N-dealkylation sites (tertiary alicyclic amines) is 1. The molecule has 1 unspecified atom stereocenters. The molecule has 182 valence electrons. The van der Waals surface area contributed by atoms with E-state index in [1.807, 2.05) is 23.3 Å². The van der Waals surface area contributed by atoms with Gasteiger partial charge in [-0.1, -0.05) is 37.7 Å². The van der Waals surface area contributed by atoms with E-state index in [2.05, 4.69) is 66.6 Å². The number of carbonyl (C=O) groups excluding carboxylic acids is 2. The van der Waals surface area contributed by atoms with Gasteiger partial charge in [-0.3, -0.25) is 9.36 Å². The summed E-state index contributed by atoms with van der Waals surface area (Å²) in [6.07, 6.45) is 1.78. The van der Waals surface area contributed by atoms with Gasteiger partial charge in [-0.25, -0.2) is 4.79 Å². The van der Waals surface area contributed by atoms with Gasteiger partial charge in [0.05, 0.1) is 5.52 Å². The second-order valence-electron chi connectivity index (χ2n) is 10.8. The van der Waals surface area contributed by atoms with Gasteiger partial charge in [-0.15, -0.1) is 5.54 Å². The molecule has 1 aromatic carbocycles. The molecule has 1 aliphatic heterocycles. The number of nitrogens with one attached hydrogen (secondary N) is 1. The number of hydrogen-bond donors (Lipinski definition) is 1. The van der Waals surface area contributed by atoms with Crippen molar-refractivity contribution < 1.29 is 9.59 Å². The predicted molar refractivity (Wildman–Crippen MR) is 141 cm³/mol. The average Bonchev–Trinajstić information content (AvgIpc) is 3.08. The molecule has 0 radical (unpaired) electrons. The fourth-order valence-electron chi connectivity index (χ4n) is 5.71. The van der Waals surface area contributed by atoms with E-state index in [-0.39, 0.29) is 18.0 Å². The molecule has 6 nitrogen and oxygen atoms in total. The summed E-state index contributed by atoms with van der Waals surface area (Å²) in [6, 6.07) is 6.77. The summed E-state index contributed by atoms with van der Waals surface area (Å²) in [5, 5.41) is 4.48. The zero-order chi connectivity index (χ0) is 24.8. The van der Waals surface area contributed by atoms with E-state index >= 15 is 0 Å². The van der Waals surface area contributed by atoms with Crippen molar-refractivity contribution in [2.75, 3.05) is 26.7 Å². The third-order valence-electron chi connectivity index (χ3n) is 7.27. The first-order valence-corrected chi connectivity index (χ1v) is 16.0. The number of urea groups is 1. The first-order valence-electron chi connectivity index (χ1n) is 12.5. The van der Waals surface area contributed by atoms with Gasteiger partial charge in [0.1, 0.15) is 13.8 Å². The molecule has 1 N–H and O–H groups in total. The zero-order valence-corrected chi connectivity index (χ0v) is 22.7. The minimum atomic E-state index is -1.61. The normalized spacial score (nSPS) is 22.0. The summed E-state index contributed by atoms with van der Waals surface area (Å²) in [5.41, 5.74) is 7.84. The maximum atomic E-state index is 12.8. The molecule has 34 heavy (non-hydrogen) atoms. The number of nitrogens with zero attached hydrogens (tertiary/aromatic N) is 3. The number of likely N-dealkylation sites (N-methyl/N-ethyl adjacent to an activating group) is 1. The predicted octanol–water partition coefficient (Wildman–Crippen LogP) is 4.29. The Morgan fingerprint density at radius 2 is 1.91 bits per heavy atom. The smallest absolute Gasteiger partial charge is 0.317 e. The minimum absolute atomic E-state index is 0.0101. The highest BCUT2D eigenvalue weighted by molar-refractivity contribution is 6.83. The van der Waals surface area contributed by atoms with Crippen molar-refractivity contribution in [3.8, 4) is 11.5 Å². The van der Waals surface area contributed by atoms with E-state index in [1.165, 1.54) is 16.5 Å². The molecule has 2 heterocycles. The number of rotatable bonds is 3. The molecule has 3 atom stereocenters. The fourth-order valence-corrected chi connectivity index (χ4v) is 6.20. The molecular formula is C27H38N4O2Si. The standard InChI is InChI=1S/C27H38N4O2Si/c1-8-30(9-2)27(33)28-19-15-21-20-11-10-12-24-26(20)22(16-25(21)29(4)17-19)23(31(24)18(3)32)13-14-34(5,6)7/h10-12,19,21,25H,8-9,15-17H2,1-7H3,(H,28,33)/t19-,21?,25+/m0/s1. The van der Waals surface area contributed by atoms with Gasteiger partial charge in [0.25, 0.3) is 0 Å². The summed E-state index contributed by atoms with van der Waals surface area (Å²) >= 11 is 0. The van der Waals surface area contributed by atoms with Gasteiger partial charge in [0.2, 0.25) is 5.91 Å². The van der Waals surface area contributed by atoms with Crippen LogP contribution in [0.1, 0.15) is 54.7 Å². The van der Waals surface area contributed by atoms with Gasteiger partial charge in [-0.05, 0) is 50.9 Å². The van der Waals surface area contributed by atoms with Crippen molar-refractivity contribution in [1.29, 1.82) is 0 Å². The van der Waals surface area contributed by atoms with Crippen molar-refractivity contribution in [2.45, 2.75) is 71.3 Å². The summed E-state index contributed by atoms with van der Waals surface area (Å²) < 4.78 is 1.83. The monoisotopic (exact) mass is 478 g/mol. The quantitative estimate of drug-likeness (QED) is 0.529. The molecule has 2 amide bonds.